The summed E-state index contributed by atoms with van der Waals surface area (Å²) >= 11 is 0. The maximum absolute atomic E-state index is 12.0. The van der Waals surface area contributed by atoms with E-state index >= 15 is 0 Å². The van der Waals surface area contributed by atoms with Crippen molar-refractivity contribution in [1.29, 1.82) is 0 Å². The van der Waals surface area contributed by atoms with E-state index in [4.69, 9.17) is 9.47 Å². The standard InChI is InChI=1S/C18H27NO5/c1-12(2)24-17-5-4-13(8-14(17)11-20)10-19-7-6-15(21)9-16(19)18(22)23-3/h4-5,8,12,15-16,20-21H,6-7,9-11H2,1-3H3/t15-,16+/m0/s1. The first-order valence-electron chi connectivity index (χ1n) is 8.33. The monoisotopic (exact) mass is 337 g/mol. The van der Waals surface area contributed by atoms with Gasteiger partial charge in [-0.05, 0) is 44.4 Å². The lowest BCUT2D eigenvalue weighted by molar-refractivity contribution is -0.150. The van der Waals surface area contributed by atoms with Crippen molar-refractivity contribution >= 4 is 5.97 Å². The second-order valence-electron chi connectivity index (χ2n) is 6.45. The number of piperidine rings is 1. The van der Waals surface area contributed by atoms with E-state index in [0.717, 1.165) is 11.1 Å². The van der Waals surface area contributed by atoms with Crippen LogP contribution in [0.3, 0.4) is 0 Å². The number of carbonyl (C=O) groups is 1. The molecule has 2 N–H and O–H groups in total. The summed E-state index contributed by atoms with van der Waals surface area (Å²) in [7, 11) is 1.36. The Morgan fingerprint density at radius 1 is 1.42 bits per heavy atom. The molecule has 24 heavy (non-hydrogen) atoms. The van der Waals surface area contributed by atoms with Crippen LogP contribution in [0.4, 0.5) is 0 Å². The zero-order valence-electron chi connectivity index (χ0n) is 14.6. The number of rotatable bonds is 6. The third-order valence-electron chi connectivity index (χ3n) is 4.20. The Balaban J connectivity index is 2.15. The summed E-state index contributed by atoms with van der Waals surface area (Å²) in [6.07, 6.45) is 0.580. The van der Waals surface area contributed by atoms with Gasteiger partial charge in [0.05, 0.1) is 25.9 Å². The topological polar surface area (TPSA) is 79.2 Å². The smallest absolute Gasteiger partial charge is 0.323 e. The molecule has 1 saturated heterocycles. The quantitative estimate of drug-likeness (QED) is 0.765. The lowest BCUT2D eigenvalue weighted by atomic mass is 9.98. The van der Waals surface area contributed by atoms with Crippen LogP contribution in [-0.2, 0) is 22.7 Å². The summed E-state index contributed by atoms with van der Waals surface area (Å²) in [6, 6.07) is 5.25. The number of carbonyl (C=O) groups excluding carboxylic acids is 1. The van der Waals surface area contributed by atoms with Crippen molar-refractivity contribution in [2.24, 2.45) is 0 Å². The van der Waals surface area contributed by atoms with Crippen LogP contribution in [0, 0.1) is 0 Å². The van der Waals surface area contributed by atoms with Gasteiger partial charge in [0.15, 0.2) is 0 Å². The number of aliphatic hydroxyl groups excluding tert-OH is 2. The minimum Gasteiger partial charge on any atom is -0.491 e. The number of ether oxygens (including phenoxy) is 2. The van der Waals surface area contributed by atoms with Crippen LogP contribution in [-0.4, -0.2) is 53.0 Å². The molecular formula is C18H27NO5. The molecule has 0 bridgehead atoms. The number of aliphatic hydroxyl groups is 2. The lowest BCUT2D eigenvalue weighted by Crippen LogP contribution is -2.48. The first-order chi connectivity index (χ1) is 11.4. The minimum absolute atomic E-state index is 0.0356. The molecule has 1 heterocycles. The van der Waals surface area contributed by atoms with Crippen LogP contribution < -0.4 is 4.74 Å². The summed E-state index contributed by atoms with van der Waals surface area (Å²) < 4.78 is 10.6. The summed E-state index contributed by atoms with van der Waals surface area (Å²) in [6.45, 7) is 4.96. The molecule has 6 heteroatoms. The van der Waals surface area contributed by atoms with E-state index in [-0.39, 0.29) is 18.7 Å². The van der Waals surface area contributed by atoms with Gasteiger partial charge in [0, 0.05) is 18.7 Å². The number of nitrogens with zero attached hydrogens (tertiary/aromatic N) is 1. The van der Waals surface area contributed by atoms with Gasteiger partial charge in [0.1, 0.15) is 11.8 Å². The molecule has 1 aliphatic heterocycles. The highest BCUT2D eigenvalue weighted by Crippen LogP contribution is 2.25. The third kappa shape index (κ3) is 4.69. The van der Waals surface area contributed by atoms with Crippen LogP contribution in [0.25, 0.3) is 0 Å². The van der Waals surface area contributed by atoms with E-state index in [1.54, 1.807) is 0 Å². The van der Waals surface area contributed by atoms with Crippen LogP contribution in [0.1, 0.15) is 37.8 Å². The molecule has 0 aromatic heterocycles. The highest BCUT2D eigenvalue weighted by Gasteiger charge is 2.33. The summed E-state index contributed by atoms with van der Waals surface area (Å²) in [5.41, 5.74) is 1.72. The number of benzene rings is 1. The maximum atomic E-state index is 12.0. The molecular weight excluding hydrogens is 310 g/mol. The van der Waals surface area contributed by atoms with Crippen LogP contribution >= 0.6 is 0 Å². The predicted molar refractivity (Wildman–Crippen MR) is 89.6 cm³/mol. The number of hydrogen-bond acceptors (Lipinski definition) is 6. The highest BCUT2D eigenvalue weighted by atomic mass is 16.5. The molecule has 1 aromatic rings. The molecule has 2 rings (SSSR count). The van der Waals surface area contributed by atoms with Crippen molar-refractivity contribution in [3.8, 4) is 5.75 Å². The lowest BCUT2D eigenvalue weighted by Gasteiger charge is -2.36. The maximum Gasteiger partial charge on any atom is 0.323 e. The second kappa shape index (κ2) is 8.46. The zero-order chi connectivity index (χ0) is 17.7. The Morgan fingerprint density at radius 3 is 2.79 bits per heavy atom. The predicted octanol–water partition coefficient (Wildman–Crippen LogP) is 1.46. The molecule has 6 nitrogen and oxygen atoms in total. The summed E-state index contributed by atoms with van der Waals surface area (Å²) in [4.78, 5) is 14.0. The van der Waals surface area contributed by atoms with E-state index in [2.05, 4.69) is 0 Å². The fraction of sp³-hybridized carbons (Fsp3) is 0.611. The van der Waals surface area contributed by atoms with Gasteiger partial charge in [-0.3, -0.25) is 9.69 Å². The van der Waals surface area contributed by atoms with Crippen molar-refractivity contribution in [2.75, 3.05) is 13.7 Å². The normalized spacial score (nSPS) is 21.8. The van der Waals surface area contributed by atoms with Crippen molar-refractivity contribution < 1.29 is 24.5 Å². The Kier molecular flexibility index (Phi) is 6.60. The fourth-order valence-electron chi connectivity index (χ4n) is 3.02. The molecule has 0 saturated carbocycles. The van der Waals surface area contributed by atoms with Gasteiger partial charge in [-0.2, -0.15) is 0 Å². The molecule has 0 unspecified atom stereocenters. The molecule has 0 radical (unpaired) electrons. The van der Waals surface area contributed by atoms with Crippen LogP contribution in [0.2, 0.25) is 0 Å². The molecule has 1 aliphatic rings. The Bertz CT molecular complexity index is 560. The summed E-state index contributed by atoms with van der Waals surface area (Å²) in [5.74, 6) is 0.353. The van der Waals surface area contributed by atoms with Gasteiger partial charge < -0.3 is 19.7 Å². The Morgan fingerprint density at radius 2 is 2.17 bits per heavy atom. The minimum atomic E-state index is -0.472. The molecule has 1 aromatic carbocycles. The van der Waals surface area contributed by atoms with Crippen molar-refractivity contribution in [3.63, 3.8) is 0 Å². The molecule has 134 valence electrons. The molecule has 2 atom stereocenters. The molecule has 0 aliphatic carbocycles. The second-order valence-corrected chi connectivity index (χ2v) is 6.45. The van der Waals surface area contributed by atoms with Crippen LogP contribution in [0.15, 0.2) is 18.2 Å². The van der Waals surface area contributed by atoms with E-state index < -0.39 is 12.1 Å². The van der Waals surface area contributed by atoms with Crippen molar-refractivity contribution in [2.45, 2.75) is 58.1 Å². The largest absolute Gasteiger partial charge is 0.491 e. The van der Waals surface area contributed by atoms with E-state index in [1.165, 1.54) is 7.11 Å². The number of methoxy groups -OCH3 is 1. The van der Waals surface area contributed by atoms with E-state index in [0.29, 0.717) is 31.7 Å². The Labute approximate surface area is 143 Å². The highest BCUT2D eigenvalue weighted by molar-refractivity contribution is 5.75. The van der Waals surface area contributed by atoms with Gasteiger partial charge in [0.2, 0.25) is 0 Å². The SMILES string of the molecule is COC(=O)[C@H]1C[C@@H](O)CCN1Cc1ccc(OC(C)C)c(CO)c1. The first kappa shape index (κ1) is 18.7. The number of esters is 1. The van der Waals surface area contributed by atoms with E-state index in [9.17, 15) is 15.0 Å². The fourth-order valence-corrected chi connectivity index (χ4v) is 3.02. The first-order valence-corrected chi connectivity index (χ1v) is 8.33. The van der Waals surface area contributed by atoms with Crippen molar-refractivity contribution in [1.82, 2.24) is 4.90 Å². The van der Waals surface area contributed by atoms with Gasteiger partial charge in [-0.1, -0.05) is 6.07 Å². The Hall–Kier alpha value is -1.63. The van der Waals surface area contributed by atoms with E-state index in [1.807, 2.05) is 36.9 Å². The van der Waals surface area contributed by atoms with Gasteiger partial charge >= 0.3 is 5.97 Å². The van der Waals surface area contributed by atoms with Crippen molar-refractivity contribution in [3.05, 3.63) is 29.3 Å². The zero-order valence-corrected chi connectivity index (χ0v) is 14.6. The molecule has 0 spiro atoms. The average Bonchev–Trinajstić information content (AvgIpc) is 2.56. The van der Waals surface area contributed by atoms with Gasteiger partial charge in [-0.25, -0.2) is 0 Å². The molecule has 1 fully saturated rings. The van der Waals surface area contributed by atoms with Gasteiger partial charge in [0.25, 0.3) is 0 Å². The summed E-state index contributed by atoms with van der Waals surface area (Å²) in [5, 5.41) is 19.4. The molecule has 0 amide bonds. The number of hydrogen-bond donors (Lipinski definition) is 2. The van der Waals surface area contributed by atoms with Crippen LogP contribution in [0.5, 0.6) is 5.75 Å². The van der Waals surface area contributed by atoms with Gasteiger partial charge in [-0.15, -0.1) is 0 Å². The number of likely N-dealkylation sites (tertiary alicyclic amines) is 1. The third-order valence-corrected chi connectivity index (χ3v) is 4.20. The average molecular weight is 337 g/mol.